The van der Waals surface area contributed by atoms with E-state index in [1.807, 2.05) is 6.08 Å². The molecule has 0 N–H and O–H groups in total. The van der Waals surface area contributed by atoms with E-state index in [9.17, 15) is 0 Å². The topological polar surface area (TPSA) is 3.24 Å². The highest BCUT2D eigenvalue weighted by molar-refractivity contribution is 5.65. The summed E-state index contributed by atoms with van der Waals surface area (Å²) in [5, 5.41) is 0. The second-order valence-corrected chi connectivity index (χ2v) is 13.2. The van der Waals surface area contributed by atoms with Gasteiger partial charge in [-0.25, -0.2) is 0 Å². The lowest BCUT2D eigenvalue weighted by Gasteiger charge is -2.40. The summed E-state index contributed by atoms with van der Waals surface area (Å²) in [5.41, 5.74) is 7.88. The first-order chi connectivity index (χ1) is 18.5. The molecule has 1 aliphatic heterocycles. The van der Waals surface area contributed by atoms with Gasteiger partial charge in [-0.2, -0.15) is 0 Å². The second kappa shape index (κ2) is 12.1. The van der Waals surface area contributed by atoms with Crippen molar-refractivity contribution < 1.29 is 0 Å². The standard InChI is InChI=1S/C37H53N/c1-6-9-13-33-25-30-16-17-34(38-22-10-11-23-38)26-31(30)20-21-37(33,5)36-19-18-35(27(36)4)32-15-14-29(12-7-2)28(8-3)24-32/h7-8,12-15,24-25,27,31,34-36H,3,6,9-11,16-23,26H2,1-2,4-5H3/b12-7-,33-13-/t27?,31?,34-,35?,36?,37+/m1/s1. The molecule has 206 valence electrons. The molecule has 0 radical (unpaired) electrons. The Labute approximate surface area is 234 Å². The van der Waals surface area contributed by atoms with Gasteiger partial charge < -0.3 is 4.90 Å². The highest BCUT2D eigenvalue weighted by atomic mass is 15.2. The molecule has 1 heteroatoms. The summed E-state index contributed by atoms with van der Waals surface area (Å²) in [6.45, 7) is 16.5. The van der Waals surface area contributed by atoms with Gasteiger partial charge in [-0.05, 0) is 136 Å². The Bertz CT molecular complexity index is 1070. The number of fused-ring (bicyclic) bond motifs is 1. The quantitative estimate of drug-likeness (QED) is 0.352. The number of nitrogens with zero attached hydrogens (tertiary/aromatic N) is 1. The van der Waals surface area contributed by atoms with Crippen molar-refractivity contribution in [1.82, 2.24) is 4.90 Å². The molecule has 3 aliphatic carbocycles. The number of hydrogen-bond donors (Lipinski definition) is 0. The Morgan fingerprint density at radius 2 is 1.89 bits per heavy atom. The predicted molar refractivity (Wildman–Crippen MR) is 166 cm³/mol. The summed E-state index contributed by atoms with van der Waals surface area (Å²) in [5.74, 6) is 2.92. The van der Waals surface area contributed by atoms with Crippen LogP contribution >= 0.6 is 0 Å². The number of allylic oxidation sites excluding steroid dienone is 5. The van der Waals surface area contributed by atoms with Crippen LogP contribution in [0.4, 0.5) is 0 Å². The van der Waals surface area contributed by atoms with Gasteiger partial charge in [-0.3, -0.25) is 0 Å². The number of hydrogen-bond acceptors (Lipinski definition) is 1. The molecular weight excluding hydrogens is 458 g/mol. The first kappa shape index (κ1) is 27.7. The SMILES string of the molecule is C=Cc1cc(C2CCC([C@@]3(C)CCC4C[C@H](N5CCCC5)CCC4=C/C3=C/CCC)C2C)ccc1/C=C\C. The third-order valence-electron chi connectivity index (χ3n) is 11.2. The summed E-state index contributed by atoms with van der Waals surface area (Å²) >= 11 is 0. The molecule has 0 aromatic heterocycles. The molecule has 0 spiro atoms. The summed E-state index contributed by atoms with van der Waals surface area (Å²) in [6, 6.07) is 8.00. The van der Waals surface area contributed by atoms with Crippen LogP contribution in [-0.2, 0) is 0 Å². The van der Waals surface area contributed by atoms with E-state index in [0.717, 1.165) is 17.9 Å². The van der Waals surface area contributed by atoms with Crippen molar-refractivity contribution in [3.05, 3.63) is 70.8 Å². The Kier molecular flexibility index (Phi) is 8.83. The largest absolute Gasteiger partial charge is 0.300 e. The lowest BCUT2D eigenvalue weighted by atomic mass is 9.64. The molecule has 1 saturated heterocycles. The van der Waals surface area contributed by atoms with Gasteiger partial charge in [0.05, 0.1) is 0 Å². The Hall–Kier alpha value is -1.86. The summed E-state index contributed by atoms with van der Waals surface area (Å²) in [4.78, 5) is 2.83. The maximum Gasteiger partial charge on any atom is 0.0104 e. The molecule has 4 unspecified atom stereocenters. The van der Waals surface area contributed by atoms with E-state index in [0.29, 0.717) is 17.3 Å². The fourth-order valence-corrected chi connectivity index (χ4v) is 8.91. The van der Waals surface area contributed by atoms with Crippen molar-refractivity contribution in [2.45, 2.75) is 110 Å². The monoisotopic (exact) mass is 511 g/mol. The van der Waals surface area contributed by atoms with Crippen LogP contribution in [0.15, 0.2) is 54.2 Å². The summed E-state index contributed by atoms with van der Waals surface area (Å²) in [7, 11) is 0. The average molecular weight is 512 g/mol. The molecular formula is C37H53N. The van der Waals surface area contributed by atoms with Gasteiger partial charge in [0.15, 0.2) is 0 Å². The molecule has 38 heavy (non-hydrogen) atoms. The molecule has 1 nitrogen and oxygen atoms in total. The van der Waals surface area contributed by atoms with E-state index < -0.39 is 0 Å². The molecule has 0 bridgehead atoms. The van der Waals surface area contributed by atoms with E-state index in [-0.39, 0.29) is 0 Å². The summed E-state index contributed by atoms with van der Waals surface area (Å²) < 4.78 is 0. The van der Waals surface area contributed by atoms with Gasteiger partial charge >= 0.3 is 0 Å². The van der Waals surface area contributed by atoms with E-state index >= 15 is 0 Å². The van der Waals surface area contributed by atoms with Crippen LogP contribution in [0.5, 0.6) is 0 Å². The molecule has 1 aromatic carbocycles. The lowest BCUT2D eigenvalue weighted by molar-refractivity contribution is 0.151. The van der Waals surface area contributed by atoms with Crippen molar-refractivity contribution in [3.63, 3.8) is 0 Å². The van der Waals surface area contributed by atoms with E-state index in [1.165, 1.54) is 100 Å². The zero-order valence-corrected chi connectivity index (χ0v) is 24.9. The minimum Gasteiger partial charge on any atom is -0.300 e. The number of benzene rings is 1. The van der Waals surface area contributed by atoms with Gasteiger partial charge in [0.25, 0.3) is 0 Å². The van der Waals surface area contributed by atoms with Crippen molar-refractivity contribution >= 4 is 12.2 Å². The Balaban J connectivity index is 1.39. The van der Waals surface area contributed by atoms with E-state index in [1.54, 1.807) is 11.1 Å². The maximum atomic E-state index is 4.12. The fourth-order valence-electron chi connectivity index (χ4n) is 8.91. The minimum absolute atomic E-state index is 0.295. The highest BCUT2D eigenvalue weighted by Gasteiger charge is 2.47. The maximum absolute atomic E-state index is 4.12. The van der Waals surface area contributed by atoms with Crippen LogP contribution < -0.4 is 0 Å². The van der Waals surface area contributed by atoms with Crippen molar-refractivity contribution in [2.75, 3.05) is 13.1 Å². The van der Waals surface area contributed by atoms with E-state index in [4.69, 9.17) is 0 Å². The Morgan fingerprint density at radius 3 is 2.63 bits per heavy atom. The van der Waals surface area contributed by atoms with Crippen molar-refractivity contribution in [2.24, 2.45) is 23.2 Å². The third-order valence-corrected chi connectivity index (χ3v) is 11.2. The van der Waals surface area contributed by atoms with Crippen molar-refractivity contribution in [3.8, 4) is 0 Å². The first-order valence-electron chi connectivity index (χ1n) is 16.0. The van der Waals surface area contributed by atoms with Crippen LogP contribution in [0.1, 0.15) is 121 Å². The van der Waals surface area contributed by atoms with Gasteiger partial charge in [-0.1, -0.05) is 87.9 Å². The van der Waals surface area contributed by atoms with Gasteiger partial charge in [0.2, 0.25) is 0 Å². The highest BCUT2D eigenvalue weighted by Crippen LogP contribution is 2.58. The normalized spacial score (nSPS) is 35.4. The first-order valence-corrected chi connectivity index (χ1v) is 16.0. The van der Waals surface area contributed by atoms with Crippen LogP contribution in [0.25, 0.3) is 12.2 Å². The number of unbranched alkanes of at least 4 members (excludes halogenated alkanes) is 1. The molecule has 2 saturated carbocycles. The second-order valence-electron chi connectivity index (χ2n) is 13.2. The zero-order chi connectivity index (χ0) is 26.7. The van der Waals surface area contributed by atoms with Gasteiger partial charge in [0, 0.05) is 6.04 Å². The molecule has 0 amide bonds. The molecule has 1 aromatic rings. The lowest BCUT2D eigenvalue weighted by Crippen LogP contribution is -2.37. The smallest absolute Gasteiger partial charge is 0.0104 e. The van der Waals surface area contributed by atoms with Gasteiger partial charge in [0.1, 0.15) is 0 Å². The molecule has 4 aliphatic rings. The van der Waals surface area contributed by atoms with Crippen LogP contribution in [0.3, 0.4) is 0 Å². The molecule has 1 heterocycles. The number of rotatable bonds is 7. The van der Waals surface area contributed by atoms with Crippen molar-refractivity contribution in [1.29, 1.82) is 0 Å². The van der Waals surface area contributed by atoms with Crippen LogP contribution in [0, 0.1) is 23.2 Å². The minimum atomic E-state index is 0.295. The fraction of sp³-hybridized carbons (Fsp3) is 0.622. The molecule has 6 atom stereocenters. The van der Waals surface area contributed by atoms with Crippen LogP contribution in [0.2, 0.25) is 0 Å². The Morgan fingerprint density at radius 1 is 1.08 bits per heavy atom. The summed E-state index contributed by atoms with van der Waals surface area (Å²) in [6.07, 6.45) is 26.6. The molecule has 5 rings (SSSR count). The van der Waals surface area contributed by atoms with E-state index in [2.05, 4.69) is 81.7 Å². The average Bonchev–Trinajstić information content (AvgIpc) is 3.58. The number of likely N-dealkylation sites (tertiary alicyclic amines) is 1. The van der Waals surface area contributed by atoms with Crippen LogP contribution in [-0.4, -0.2) is 24.0 Å². The van der Waals surface area contributed by atoms with Gasteiger partial charge in [-0.15, -0.1) is 0 Å². The predicted octanol–water partition coefficient (Wildman–Crippen LogP) is 10.2. The zero-order valence-electron chi connectivity index (χ0n) is 24.9. The molecule has 3 fully saturated rings. The third kappa shape index (κ3) is 5.42.